The van der Waals surface area contributed by atoms with E-state index in [1.807, 2.05) is 19.2 Å². The van der Waals surface area contributed by atoms with E-state index in [9.17, 15) is 0 Å². The van der Waals surface area contributed by atoms with Crippen molar-refractivity contribution >= 4 is 0 Å². The van der Waals surface area contributed by atoms with Gasteiger partial charge in [-0.05, 0) is 85.9 Å². The molecule has 1 aliphatic carbocycles. The molecule has 2 aromatic carbocycles. The van der Waals surface area contributed by atoms with Crippen molar-refractivity contribution < 1.29 is 14.2 Å². The summed E-state index contributed by atoms with van der Waals surface area (Å²) in [4.78, 5) is 0. The van der Waals surface area contributed by atoms with E-state index >= 15 is 0 Å². The van der Waals surface area contributed by atoms with Crippen LogP contribution in [0, 0.1) is 5.92 Å². The first-order chi connectivity index (χ1) is 19.2. The summed E-state index contributed by atoms with van der Waals surface area (Å²) in [7, 11) is 1.98. The number of hydrogen-bond donors (Lipinski definition) is 1. The summed E-state index contributed by atoms with van der Waals surface area (Å²) in [5.41, 5.74) is 5.21. The fraction of sp³-hybridized carbons (Fsp3) is 0.667. The summed E-state index contributed by atoms with van der Waals surface area (Å²) >= 11 is 0. The highest BCUT2D eigenvalue weighted by Crippen LogP contribution is 2.35. The van der Waals surface area contributed by atoms with E-state index in [0.29, 0.717) is 37.9 Å². The third kappa shape index (κ3) is 10.4. The van der Waals surface area contributed by atoms with E-state index in [4.69, 9.17) is 14.2 Å². The van der Waals surface area contributed by atoms with Crippen LogP contribution in [0.15, 0.2) is 36.4 Å². The van der Waals surface area contributed by atoms with E-state index in [2.05, 4.69) is 71.1 Å². The molecule has 2 unspecified atom stereocenters. The lowest BCUT2D eigenvalue weighted by molar-refractivity contribution is 0.0156. The smallest absolute Gasteiger partial charge is 0.128 e. The summed E-state index contributed by atoms with van der Waals surface area (Å²) in [6, 6.07) is 13.4. The predicted octanol–water partition coefficient (Wildman–Crippen LogP) is 9.33. The summed E-state index contributed by atoms with van der Waals surface area (Å²) in [5.74, 6) is 2.61. The molecule has 4 heteroatoms. The third-order valence-electron chi connectivity index (χ3n) is 8.50. The predicted molar refractivity (Wildman–Crippen MR) is 169 cm³/mol. The Labute approximate surface area is 245 Å². The second-order valence-corrected chi connectivity index (χ2v) is 13.0. The Bertz CT molecular complexity index is 988. The normalized spacial score (nSPS) is 16.1. The van der Waals surface area contributed by atoms with Crippen molar-refractivity contribution in [3.63, 3.8) is 0 Å². The van der Waals surface area contributed by atoms with E-state index in [1.54, 1.807) is 0 Å². The molecule has 4 nitrogen and oxygen atoms in total. The van der Waals surface area contributed by atoms with Gasteiger partial charge in [0.15, 0.2) is 0 Å². The van der Waals surface area contributed by atoms with Gasteiger partial charge in [-0.2, -0.15) is 0 Å². The molecule has 0 bridgehead atoms. The fourth-order valence-corrected chi connectivity index (χ4v) is 5.53. The highest BCUT2D eigenvalue weighted by molar-refractivity contribution is 5.46. The molecule has 40 heavy (non-hydrogen) atoms. The minimum atomic E-state index is 0.0702. The zero-order valence-electron chi connectivity index (χ0n) is 26.6. The summed E-state index contributed by atoms with van der Waals surface area (Å²) in [6.45, 7) is 15.4. The summed E-state index contributed by atoms with van der Waals surface area (Å²) < 4.78 is 19.2. The minimum absolute atomic E-state index is 0.0702. The van der Waals surface area contributed by atoms with Gasteiger partial charge in [0.05, 0.1) is 12.7 Å². The van der Waals surface area contributed by atoms with Gasteiger partial charge >= 0.3 is 0 Å². The van der Waals surface area contributed by atoms with Crippen molar-refractivity contribution in [3.8, 4) is 11.5 Å². The van der Waals surface area contributed by atoms with Crippen molar-refractivity contribution in [2.45, 2.75) is 130 Å². The molecule has 3 rings (SSSR count). The van der Waals surface area contributed by atoms with Gasteiger partial charge in [-0.1, -0.05) is 91.3 Å². The molecule has 1 saturated carbocycles. The van der Waals surface area contributed by atoms with Crippen LogP contribution in [0.2, 0.25) is 0 Å². The van der Waals surface area contributed by atoms with Gasteiger partial charge in [0.2, 0.25) is 0 Å². The molecule has 1 fully saturated rings. The average molecular weight is 552 g/mol. The van der Waals surface area contributed by atoms with Crippen molar-refractivity contribution in [1.29, 1.82) is 0 Å². The minimum Gasteiger partial charge on any atom is -0.490 e. The lowest BCUT2D eigenvalue weighted by Crippen LogP contribution is -2.19. The van der Waals surface area contributed by atoms with Crippen LogP contribution in [0.5, 0.6) is 11.5 Å². The van der Waals surface area contributed by atoms with Crippen molar-refractivity contribution in [2.24, 2.45) is 5.92 Å². The maximum atomic E-state index is 6.58. The van der Waals surface area contributed by atoms with Crippen LogP contribution in [-0.4, -0.2) is 26.4 Å². The van der Waals surface area contributed by atoms with E-state index in [-0.39, 0.29) is 5.41 Å². The molecule has 0 amide bonds. The van der Waals surface area contributed by atoms with E-state index in [1.165, 1.54) is 80.0 Å². The van der Waals surface area contributed by atoms with Gasteiger partial charge in [-0.25, -0.2) is 0 Å². The first-order valence-electron chi connectivity index (χ1n) is 16.0. The molecule has 0 radical (unpaired) electrons. The topological polar surface area (TPSA) is 39.7 Å². The molecule has 2 atom stereocenters. The molecule has 1 aliphatic rings. The molecule has 0 heterocycles. The van der Waals surface area contributed by atoms with Crippen LogP contribution in [-0.2, 0) is 23.2 Å². The van der Waals surface area contributed by atoms with Crippen molar-refractivity contribution in [1.82, 2.24) is 5.32 Å². The van der Waals surface area contributed by atoms with Crippen molar-refractivity contribution in [2.75, 3.05) is 20.3 Å². The van der Waals surface area contributed by atoms with Gasteiger partial charge in [-0.3, -0.25) is 0 Å². The van der Waals surface area contributed by atoms with Crippen molar-refractivity contribution in [3.05, 3.63) is 58.7 Å². The van der Waals surface area contributed by atoms with Gasteiger partial charge in [0.25, 0.3) is 0 Å². The number of rotatable bonds is 16. The SMILES string of the molecule is CCCCC(C)CCc1cc(C(C)(C)C)cc(COC2CCCCC2)c1OCCOc1ccc(C(C)NC)cc1. The van der Waals surface area contributed by atoms with Crippen LogP contribution in [0.4, 0.5) is 0 Å². The van der Waals surface area contributed by atoms with Gasteiger partial charge in [-0.15, -0.1) is 0 Å². The monoisotopic (exact) mass is 551 g/mol. The summed E-state index contributed by atoms with van der Waals surface area (Å²) in [5, 5.41) is 3.28. The second kappa shape index (κ2) is 16.4. The lowest BCUT2D eigenvalue weighted by Gasteiger charge is -2.26. The Hall–Kier alpha value is -2.04. The highest BCUT2D eigenvalue weighted by atomic mass is 16.5. The van der Waals surface area contributed by atoms with Crippen LogP contribution in [0.1, 0.15) is 128 Å². The standard InChI is InChI=1S/C36H57NO3/c1-8-9-13-27(2)16-17-30-24-32(36(4,5)6)25-31(26-40-33-14-11-10-12-15-33)35(30)39-23-22-38-34-20-18-29(19-21-34)28(3)37-7/h18-21,24-25,27-28,33,37H,8-17,22-23,26H2,1-7H3. The molecule has 224 valence electrons. The zero-order valence-corrected chi connectivity index (χ0v) is 26.6. The molecule has 2 aromatic rings. The Morgan fingerprint density at radius 2 is 1.57 bits per heavy atom. The number of aryl methyl sites for hydroxylation is 1. The molecule has 0 aromatic heterocycles. The molecular weight excluding hydrogens is 494 g/mol. The first kappa shape index (κ1) is 32.5. The first-order valence-corrected chi connectivity index (χ1v) is 16.0. The van der Waals surface area contributed by atoms with Gasteiger partial charge in [0, 0.05) is 11.6 Å². The van der Waals surface area contributed by atoms with Crippen LogP contribution in [0.3, 0.4) is 0 Å². The number of benzene rings is 2. The maximum absolute atomic E-state index is 6.58. The number of ether oxygens (including phenoxy) is 3. The van der Waals surface area contributed by atoms with Crippen LogP contribution < -0.4 is 14.8 Å². The van der Waals surface area contributed by atoms with E-state index in [0.717, 1.165) is 17.9 Å². The Morgan fingerprint density at radius 1 is 0.900 bits per heavy atom. The Balaban J connectivity index is 1.76. The quantitative estimate of drug-likeness (QED) is 0.211. The maximum Gasteiger partial charge on any atom is 0.128 e. The highest BCUT2D eigenvalue weighted by Gasteiger charge is 2.22. The molecule has 0 spiro atoms. The number of hydrogen-bond acceptors (Lipinski definition) is 4. The number of unbranched alkanes of at least 4 members (excludes halogenated alkanes) is 1. The molecule has 0 aliphatic heterocycles. The van der Waals surface area contributed by atoms with Gasteiger partial charge < -0.3 is 19.5 Å². The van der Waals surface area contributed by atoms with Gasteiger partial charge in [0.1, 0.15) is 24.7 Å². The molecular formula is C36H57NO3. The molecule has 0 saturated heterocycles. The van der Waals surface area contributed by atoms with E-state index < -0.39 is 0 Å². The molecule has 1 N–H and O–H groups in total. The van der Waals surface area contributed by atoms with Crippen LogP contribution in [0.25, 0.3) is 0 Å². The Kier molecular flexibility index (Phi) is 13.3. The Morgan fingerprint density at radius 3 is 2.23 bits per heavy atom. The zero-order chi connectivity index (χ0) is 29.0. The largest absolute Gasteiger partial charge is 0.490 e. The van der Waals surface area contributed by atoms with Crippen LogP contribution >= 0.6 is 0 Å². The third-order valence-corrected chi connectivity index (χ3v) is 8.50. The second-order valence-electron chi connectivity index (χ2n) is 13.0. The summed E-state index contributed by atoms with van der Waals surface area (Å²) in [6.07, 6.45) is 12.7. The number of nitrogens with one attached hydrogen (secondary N) is 1. The average Bonchev–Trinajstić information content (AvgIpc) is 2.96. The fourth-order valence-electron chi connectivity index (χ4n) is 5.53. The lowest BCUT2D eigenvalue weighted by atomic mass is 9.83.